The summed E-state index contributed by atoms with van der Waals surface area (Å²) in [5.74, 6) is 0.0686. The number of aromatic nitrogens is 2. The molecule has 1 aromatic heterocycles. The molecule has 4 N–H and O–H groups in total. The lowest BCUT2D eigenvalue weighted by atomic mass is 10.0. The molecule has 3 unspecified atom stereocenters. The molecule has 206 valence electrons. The highest BCUT2D eigenvalue weighted by molar-refractivity contribution is 7.32. The first kappa shape index (κ1) is 30.8. The van der Waals surface area contributed by atoms with Gasteiger partial charge in [-0.25, -0.2) is 4.79 Å². The predicted molar refractivity (Wildman–Crippen MR) is 139 cm³/mol. The van der Waals surface area contributed by atoms with E-state index < -0.39 is 45.1 Å². The Labute approximate surface area is 215 Å². The molecule has 11 heteroatoms. The zero-order valence-corrected chi connectivity index (χ0v) is 22.5. The van der Waals surface area contributed by atoms with Crippen molar-refractivity contribution in [3.63, 3.8) is 0 Å². The second-order valence-electron chi connectivity index (χ2n) is 9.53. The number of anilines is 1. The second kappa shape index (κ2) is 17.9. The summed E-state index contributed by atoms with van der Waals surface area (Å²) in [7, 11) is -2.95. The Balaban J connectivity index is 1.70. The molecular weight excluding hydrogens is 485 g/mol. The first-order valence-electron chi connectivity index (χ1n) is 13.5. The van der Waals surface area contributed by atoms with Gasteiger partial charge in [-0.15, -0.1) is 9.42 Å². The maximum Gasteiger partial charge on any atom is 0.695 e. The third-order valence-electron chi connectivity index (χ3n) is 6.61. The number of nitrogens with two attached hydrogens (primary N) is 1. The van der Waals surface area contributed by atoms with Crippen LogP contribution in [-0.4, -0.2) is 51.1 Å². The maximum absolute atomic E-state index is 12.3. The number of aliphatic hydroxyl groups excluding tert-OH is 1. The van der Waals surface area contributed by atoms with E-state index in [1.54, 1.807) is 0 Å². The number of ether oxygens (including phenoxy) is 2. The van der Waals surface area contributed by atoms with Gasteiger partial charge in [0.25, 0.3) is 0 Å². The smallest absolute Gasteiger partial charge is 0.394 e. The Morgan fingerprint density at radius 2 is 1.56 bits per heavy atom. The monoisotopic (exact) mass is 530 g/mol. The van der Waals surface area contributed by atoms with Crippen molar-refractivity contribution in [1.82, 2.24) is 9.55 Å². The van der Waals surface area contributed by atoms with Crippen molar-refractivity contribution in [1.29, 1.82) is 0 Å². The summed E-state index contributed by atoms with van der Waals surface area (Å²) in [5.41, 5.74) is 4.93. The van der Waals surface area contributed by atoms with Crippen LogP contribution in [0.1, 0.15) is 103 Å². The predicted octanol–water partition coefficient (Wildman–Crippen LogP) is 4.62. The van der Waals surface area contributed by atoms with Crippen molar-refractivity contribution < 1.29 is 28.6 Å². The first-order chi connectivity index (χ1) is 17.5. The summed E-state index contributed by atoms with van der Waals surface area (Å²) < 4.78 is 29.4. The average Bonchev–Trinajstić information content (AvgIpc) is 3.17. The highest BCUT2D eigenvalue weighted by Gasteiger charge is 2.51. The second-order valence-corrected chi connectivity index (χ2v) is 10.2. The van der Waals surface area contributed by atoms with Crippen molar-refractivity contribution in [3.8, 4) is 0 Å². The van der Waals surface area contributed by atoms with Gasteiger partial charge >= 0.3 is 13.9 Å². The summed E-state index contributed by atoms with van der Waals surface area (Å²) in [6.45, 7) is 2.17. The van der Waals surface area contributed by atoms with Crippen molar-refractivity contribution in [2.75, 3.05) is 18.9 Å². The van der Waals surface area contributed by atoms with Crippen LogP contribution >= 0.6 is 8.25 Å². The fourth-order valence-electron chi connectivity index (χ4n) is 4.62. The van der Waals surface area contributed by atoms with E-state index in [-0.39, 0.29) is 5.82 Å². The molecule has 2 rings (SSSR count). The molecular formula is C25H45N3O7P+. The van der Waals surface area contributed by atoms with Gasteiger partial charge in [-0.2, -0.15) is 4.98 Å². The minimum atomic E-state index is -2.95. The number of hydrogen-bond acceptors (Lipinski definition) is 8. The SMILES string of the molecule is CCCCCCCCCCCCCCCCOC1C(O[P+](=O)O)[C@@H](CO)O[C@H]1n1ccc(N)nc1=O. The quantitative estimate of drug-likeness (QED) is 0.162. The molecule has 0 bridgehead atoms. The molecule has 1 aromatic rings. The van der Waals surface area contributed by atoms with E-state index in [2.05, 4.69) is 11.9 Å². The van der Waals surface area contributed by atoms with E-state index in [1.807, 2.05) is 0 Å². The van der Waals surface area contributed by atoms with E-state index >= 15 is 0 Å². The van der Waals surface area contributed by atoms with Gasteiger partial charge in [0.15, 0.2) is 12.3 Å². The molecule has 1 aliphatic heterocycles. The molecule has 0 spiro atoms. The summed E-state index contributed by atoms with van der Waals surface area (Å²) in [4.78, 5) is 25.3. The van der Waals surface area contributed by atoms with Crippen LogP contribution in [0.5, 0.6) is 0 Å². The molecule has 10 nitrogen and oxygen atoms in total. The molecule has 0 aromatic carbocycles. The van der Waals surface area contributed by atoms with Crippen molar-refractivity contribution in [3.05, 3.63) is 22.7 Å². The number of unbranched alkanes of at least 4 members (excludes halogenated alkanes) is 13. The van der Waals surface area contributed by atoms with E-state index in [4.69, 9.17) is 19.7 Å². The summed E-state index contributed by atoms with van der Waals surface area (Å²) >= 11 is 0. The van der Waals surface area contributed by atoms with Gasteiger partial charge in [0.1, 0.15) is 18.0 Å². The zero-order chi connectivity index (χ0) is 26.2. The number of aliphatic hydroxyl groups is 1. The molecule has 0 aliphatic carbocycles. The van der Waals surface area contributed by atoms with Crippen LogP contribution in [0.15, 0.2) is 17.1 Å². The zero-order valence-electron chi connectivity index (χ0n) is 21.6. The van der Waals surface area contributed by atoms with Crippen molar-refractivity contribution in [2.45, 2.75) is 121 Å². The van der Waals surface area contributed by atoms with Gasteiger partial charge in [-0.3, -0.25) is 4.57 Å². The van der Waals surface area contributed by atoms with Gasteiger partial charge < -0.3 is 20.3 Å². The Bertz CT molecular complexity index is 810. The Morgan fingerprint density at radius 3 is 2.06 bits per heavy atom. The fourth-order valence-corrected chi connectivity index (χ4v) is 5.09. The van der Waals surface area contributed by atoms with Crippen molar-refractivity contribution in [2.24, 2.45) is 0 Å². The standard InChI is InChI=1S/C25H44N3O7P/c1-2-3-4-5-6-7-8-9-10-11-12-13-14-15-18-33-23-22(35-36(31)32)20(19-29)34-24(23)28-17-16-21(26)27-25(28)30/h16-17,20,22-24,29H,2-15,18-19H2,1H3,(H2-,26,27,30,31,32)/p+1/t20-,22?,23?,24-/m1/s1. The molecule has 2 heterocycles. The molecule has 0 radical (unpaired) electrons. The van der Waals surface area contributed by atoms with Crippen molar-refractivity contribution >= 4 is 14.1 Å². The van der Waals surface area contributed by atoms with Crippen LogP contribution in [0.4, 0.5) is 5.82 Å². The lowest BCUT2D eigenvalue weighted by Gasteiger charge is -2.22. The molecule has 36 heavy (non-hydrogen) atoms. The van der Waals surface area contributed by atoms with Gasteiger partial charge in [0.05, 0.1) is 6.61 Å². The number of hydrogen-bond donors (Lipinski definition) is 3. The normalized spacial score (nSPS) is 22.2. The van der Waals surface area contributed by atoms with E-state index in [0.717, 1.165) is 19.3 Å². The number of nitrogens with zero attached hydrogens (tertiary/aromatic N) is 2. The Morgan fingerprint density at radius 1 is 1.00 bits per heavy atom. The summed E-state index contributed by atoms with van der Waals surface area (Å²) in [5, 5.41) is 9.69. The third-order valence-corrected chi connectivity index (χ3v) is 7.03. The maximum atomic E-state index is 12.3. The molecule has 1 aliphatic rings. The van der Waals surface area contributed by atoms with Gasteiger partial charge in [0, 0.05) is 17.4 Å². The van der Waals surface area contributed by atoms with Crippen LogP contribution in [0.3, 0.4) is 0 Å². The molecule has 1 fully saturated rings. The lowest BCUT2D eigenvalue weighted by molar-refractivity contribution is -0.0743. The Kier molecular flexibility index (Phi) is 15.3. The summed E-state index contributed by atoms with van der Waals surface area (Å²) in [6, 6.07) is 1.45. The highest BCUT2D eigenvalue weighted by Crippen LogP contribution is 2.37. The number of rotatable bonds is 20. The topological polar surface area (TPSA) is 146 Å². The minimum Gasteiger partial charge on any atom is -0.394 e. The first-order valence-corrected chi connectivity index (χ1v) is 14.7. The largest absolute Gasteiger partial charge is 0.695 e. The van der Waals surface area contributed by atoms with Crippen LogP contribution in [0.25, 0.3) is 0 Å². The van der Waals surface area contributed by atoms with E-state index in [0.29, 0.717) is 6.61 Å². The lowest BCUT2D eigenvalue weighted by Crippen LogP contribution is -2.39. The summed E-state index contributed by atoms with van der Waals surface area (Å²) in [6.07, 6.45) is 15.1. The fraction of sp³-hybridized carbons (Fsp3) is 0.840. The van der Waals surface area contributed by atoms with Crippen LogP contribution < -0.4 is 11.4 Å². The van der Waals surface area contributed by atoms with Crippen LogP contribution in [-0.2, 0) is 18.6 Å². The van der Waals surface area contributed by atoms with Gasteiger partial charge in [-0.1, -0.05) is 90.4 Å². The average molecular weight is 531 g/mol. The molecule has 5 atom stereocenters. The van der Waals surface area contributed by atoms with Gasteiger partial charge in [0.2, 0.25) is 0 Å². The molecule has 0 saturated carbocycles. The van der Waals surface area contributed by atoms with E-state index in [1.165, 1.54) is 87.5 Å². The third kappa shape index (κ3) is 10.9. The van der Waals surface area contributed by atoms with E-state index in [9.17, 15) is 19.4 Å². The number of nitrogen functional groups attached to an aromatic ring is 1. The van der Waals surface area contributed by atoms with Crippen LogP contribution in [0.2, 0.25) is 0 Å². The van der Waals surface area contributed by atoms with Crippen LogP contribution in [0, 0.1) is 0 Å². The molecule has 1 saturated heterocycles. The molecule has 0 amide bonds. The highest BCUT2D eigenvalue weighted by atomic mass is 31.1. The Hall–Kier alpha value is -1.42. The minimum absolute atomic E-state index is 0.0686. The van der Waals surface area contributed by atoms with Gasteiger partial charge in [-0.05, 0) is 12.5 Å².